The van der Waals surface area contributed by atoms with Crippen molar-refractivity contribution in [2.75, 3.05) is 13.1 Å². The Hall–Kier alpha value is -2.85. The maximum atomic E-state index is 13.5. The van der Waals surface area contributed by atoms with Gasteiger partial charge in [-0.15, -0.1) is 5.10 Å². The Labute approximate surface area is 219 Å². The molecule has 0 spiro atoms. The third kappa shape index (κ3) is 5.08. The molecular weight excluding hydrogens is 579 g/mol. The minimum Gasteiger partial charge on any atom is -0.338 e. The van der Waals surface area contributed by atoms with Crippen LogP contribution in [0, 0.1) is 11.7 Å². The van der Waals surface area contributed by atoms with Gasteiger partial charge in [-0.3, -0.25) is 9.48 Å². The van der Waals surface area contributed by atoms with E-state index in [1.165, 1.54) is 6.07 Å². The summed E-state index contributed by atoms with van der Waals surface area (Å²) in [5.74, 6) is 0.0176. The van der Waals surface area contributed by atoms with Gasteiger partial charge >= 0.3 is 0 Å². The number of nitrogens with zero attached hydrogens (tertiary/aromatic N) is 6. The van der Waals surface area contributed by atoms with Crippen molar-refractivity contribution in [1.82, 2.24) is 29.7 Å². The molecule has 1 saturated heterocycles. The monoisotopic (exact) mass is 600 g/mol. The van der Waals surface area contributed by atoms with E-state index in [1.54, 1.807) is 27.7 Å². The predicted molar refractivity (Wildman–Crippen MR) is 137 cm³/mol. The van der Waals surface area contributed by atoms with Crippen LogP contribution in [0.25, 0.3) is 0 Å². The molecule has 10 heteroatoms. The number of amides is 1. The largest absolute Gasteiger partial charge is 0.338 e. The molecule has 35 heavy (non-hydrogen) atoms. The number of halogens is 3. The van der Waals surface area contributed by atoms with Crippen LogP contribution in [0.15, 0.2) is 70.0 Å². The summed E-state index contributed by atoms with van der Waals surface area (Å²) in [5, 5.41) is 13.0. The average Bonchev–Trinajstić information content (AvgIpc) is 3.44. The maximum Gasteiger partial charge on any atom is 0.258 e. The van der Waals surface area contributed by atoms with Crippen LogP contribution in [0.5, 0.6) is 0 Å². The average molecular weight is 602 g/mol. The predicted octanol–water partition coefficient (Wildman–Crippen LogP) is 5.11. The van der Waals surface area contributed by atoms with E-state index in [1.807, 2.05) is 48.4 Å². The molecule has 1 atom stereocenters. The number of carbonyl (C=O) groups is 1. The lowest BCUT2D eigenvalue weighted by atomic mass is 9.94. The Balaban J connectivity index is 1.16. The Morgan fingerprint density at radius 3 is 2.69 bits per heavy atom. The van der Waals surface area contributed by atoms with Crippen molar-refractivity contribution in [2.24, 2.45) is 5.92 Å². The Bertz CT molecular complexity index is 1350. The van der Waals surface area contributed by atoms with Crippen molar-refractivity contribution in [1.29, 1.82) is 0 Å². The lowest BCUT2D eigenvalue weighted by molar-refractivity contribution is 0.0498. The highest BCUT2D eigenvalue weighted by Gasteiger charge is 2.33. The van der Waals surface area contributed by atoms with Gasteiger partial charge in [-0.1, -0.05) is 41.6 Å². The maximum absolute atomic E-state index is 13.5. The first kappa shape index (κ1) is 23.9. The van der Waals surface area contributed by atoms with Crippen molar-refractivity contribution >= 4 is 37.8 Å². The van der Waals surface area contributed by atoms with Crippen molar-refractivity contribution in [3.8, 4) is 0 Å². The van der Waals surface area contributed by atoms with Gasteiger partial charge in [0, 0.05) is 19.3 Å². The summed E-state index contributed by atoms with van der Waals surface area (Å²) in [7, 11) is 0. The molecule has 1 amide bonds. The number of rotatable bonds is 7. The first-order valence-electron chi connectivity index (χ1n) is 11.3. The molecule has 3 heterocycles. The molecular formula is C25H23Br2FN6O. The summed E-state index contributed by atoms with van der Waals surface area (Å²) < 4.78 is 18.2. The molecule has 0 unspecified atom stereocenters. The van der Waals surface area contributed by atoms with Gasteiger partial charge in [-0.2, -0.15) is 5.10 Å². The highest BCUT2D eigenvalue weighted by molar-refractivity contribution is 9.10. The minimum absolute atomic E-state index is 0.0217. The minimum atomic E-state index is -0.292. The molecule has 7 nitrogen and oxygen atoms in total. The van der Waals surface area contributed by atoms with E-state index in [0.29, 0.717) is 40.2 Å². The third-order valence-corrected chi connectivity index (χ3v) is 7.75. The third-order valence-electron chi connectivity index (χ3n) is 6.30. The summed E-state index contributed by atoms with van der Waals surface area (Å²) in [6, 6.07) is 14.9. The summed E-state index contributed by atoms with van der Waals surface area (Å²) in [5.41, 5.74) is 3.51. The smallest absolute Gasteiger partial charge is 0.258 e. The normalized spacial score (nSPS) is 14.7. The highest BCUT2D eigenvalue weighted by atomic mass is 79.9. The van der Waals surface area contributed by atoms with Crippen LogP contribution < -0.4 is 0 Å². The summed E-state index contributed by atoms with van der Waals surface area (Å²) >= 11 is 6.79. The van der Waals surface area contributed by atoms with Crippen LogP contribution in [-0.2, 0) is 13.0 Å². The van der Waals surface area contributed by atoms with Crippen LogP contribution in [-0.4, -0.2) is 48.7 Å². The van der Waals surface area contributed by atoms with Gasteiger partial charge in [-0.05, 0) is 74.4 Å². The molecule has 1 fully saturated rings. The number of aromatic nitrogens is 5. The van der Waals surface area contributed by atoms with E-state index in [-0.39, 0.29) is 17.8 Å². The second kappa shape index (κ2) is 10.0. The van der Waals surface area contributed by atoms with Gasteiger partial charge in [0.1, 0.15) is 10.4 Å². The van der Waals surface area contributed by atoms with E-state index >= 15 is 0 Å². The number of benzene rings is 2. The van der Waals surface area contributed by atoms with E-state index in [2.05, 4.69) is 47.3 Å². The zero-order valence-electron chi connectivity index (χ0n) is 19.0. The molecule has 0 aliphatic carbocycles. The number of hydrogen-bond donors (Lipinski definition) is 0. The van der Waals surface area contributed by atoms with Gasteiger partial charge in [0.05, 0.1) is 34.5 Å². The molecule has 0 bridgehead atoms. The molecule has 0 saturated carbocycles. The fourth-order valence-electron chi connectivity index (χ4n) is 4.23. The van der Waals surface area contributed by atoms with E-state index in [9.17, 15) is 9.18 Å². The zero-order chi connectivity index (χ0) is 24.5. The van der Waals surface area contributed by atoms with Crippen LogP contribution >= 0.6 is 31.9 Å². The topological polar surface area (TPSA) is 68.8 Å². The molecule has 0 radical (unpaired) electrons. The van der Waals surface area contributed by atoms with Gasteiger partial charge in [0.15, 0.2) is 0 Å². The SMILES string of the molecule is C[C@H](c1ccc(F)c(Br)c1)n1cc(CC2CN(C(=O)c3cnn(Cc4ccccc4)c3Br)C2)nn1. The van der Waals surface area contributed by atoms with E-state index in [4.69, 9.17) is 0 Å². The Morgan fingerprint density at radius 2 is 1.94 bits per heavy atom. The highest BCUT2D eigenvalue weighted by Crippen LogP contribution is 2.27. The Morgan fingerprint density at radius 1 is 1.17 bits per heavy atom. The van der Waals surface area contributed by atoms with Crippen molar-refractivity contribution in [3.05, 3.63) is 98.2 Å². The molecule has 1 aliphatic rings. The standard InChI is InChI=1S/C25H23Br2FN6O/c1-16(19-7-8-23(28)22(26)10-19)33-15-20(30-31-33)9-18-12-32(13-18)25(35)21-11-29-34(24(21)27)14-17-5-3-2-4-6-17/h2-8,10-11,15-16,18H,9,12-14H2,1H3/t16-/m1/s1. The Kier molecular flexibility index (Phi) is 6.84. The van der Waals surface area contributed by atoms with Crippen molar-refractivity contribution < 1.29 is 9.18 Å². The molecule has 180 valence electrons. The molecule has 4 aromatic rings. The lowest BCUT2D eigenvalue weighted by Crippen LogP contribution is -2.50. The van der Waals surface area contributed by atoms with Gasteiger partial charge in [0.2, 0.25) is 0 Å². The number of likely N-dealkylation sites (tertiary alicyclic amines) is 1. The summed E-state index contributed by atoms with van der Waals surface area (Å²) in [6.07, 6.45) is 4.30. The van der Waals surface area contributed by atoms with Gasteiger partial charge in [-0.25, -0.2) is 9.07 Å². The van der Waals surface area contributed by atoms with E-state index < -0.39 is 0 Å². The van der Waals surface area contributed by atoms with Crippen LogP contribution in [0.2, 0.25) is 0 Å². The quantitative estimate of drug-likeness (QED) is 0.295. The molecule has 5 rings (SSSR count). The summed E-state index contributed by atoms with van der Waals surface area (Å²) in [6.45, 7) is 3.93. The fourth-order valence-corrected chi connectivity index (χ4v) is 5.12. The molecule has 2 aromatic heterocycles. The number of hydrogen-bond acceptors (Lipinski definition) is 4. The summed E-state index contributed by atoms with van der Waals surface area (Å²) in [4.78, 5) is 14.8. The second-order valence-corrected chi connectivity index (χ2v) is 10.4. The van der Waals surface area contributed by atoms with Crippen molar-refractivity contribution in [2.45, 2.75) is 25.9 Å². The second-order valence-electron chi connectivity index (χ2n) is 8.81. The first-order chi connectivity index (χ1) is 16.9. The lowest BCUT2D eigenvalue weighted by Gasteiger charge is -2.38. The van der Waals surface area contributed by atoms with Crippen molar-refractivity contribution in [3.63, 3.8) is 0 Å². The molecule has 2 aromatic carbocycles. The van der Waals surface area contributed by atoms with Crippen LogP contribution in [0.3, 0.4) is 0 Å². The fraction of sp³-hybridized carbons (Fsp3) is 0.280. The van der Waals surface area contributed by atoms with Gasteiger partial charge in [0.25, 0.3) is 5.91 Å². The number of carbonyl (C=O) groups excluding carboxylic acids is 1. The molecule has 0 N–H and O–H groups in total. The first-order valence-corrected chi connectivity index (χ1v) is 12.9. The van der Waals surface area contributed by atoms with Crippen LogP contribution in [0.4, 0.5) is 4.39 Å². The zero-order valence-corrected chi connectivity index (χ0v) is 22.2. The van der Waals surface area contributed by atoms with Gasteiger partial charge < -0.3 is 4.90 Å². The molecule has 1 aliphatic heterocycles. The van der Waals surface area contributed by atoms with E-state index in [0.717, 1.165) is 23.2 Å². The van der Waals surface area contributed by atoms with Crippen LogP contribution in [0.1, 0.15) is 40.1 Å².